The number of amides is 1. The lowest BCUT2D eigenvalue weighted by molar-refractivity contribution is 0.0186. The number of carbonyl (C=O) groups is 1. The van der Waals surface area contributed by atoms with Crippen molar-refractivity contribution in [1.29, 1.82) is 0 Å². The second kappa shape index (κ2) is 8.42. The predicted octanol–water partition coefficient (Wildman–Crippen LogP) is 1.91. The Bertz CT molecular complexity index is 624. The van der Waals surface area contributed by atoms with Crippen LogP contribution in [0.1, 0.15) is 40.4 Å². The monoisotopic (exact) mass is 364 g/mol. The van der Waals surface area contributed by atoms with Crippen molar-refractivity contribution < 1.29 is 9.53 Å². The van der Waals surface area contributed by atoms with Gasteiger partial charge in [0.15, 0.2) is 5.96 Å². The molecule has 1 fully saturated rings. The van der Waals surface area contributed by atoms with Gasteiger partial charge in [-0.05, 0) is 26.7 Å². The first kappa shape index (κ1) is 20.1. The highest BCUT2D eigenvalue weighted by molar-refractivity contribution is 5.78. The zero-order chi connectivity index (χ0) is 19.3. The van der Waals surface area contributed by atoms with Gasteiger partial charge in [-0.1, -0.05) is 13.8 Å². The van der Waals surface area contributed by atoms with E-state index in [1.54, 1.807) is 11.1 Å². The van der Waals surface area contributed by atoms with Crippen LogP contribution in [-0.4, -0.2) is 63.2 Å². The van der Waals surface area contributed by atoms with E-state index in [4.69, 9.17) is 10.5 Å². The summed E-state index contributed by atoms with van der Waals surface area (Å²) in [6.07, 6.45) is 3.49. The SMILES string of the molecule is CC(C)Cn1ccnc1CN=C(N)N1CCN(C(=O)OC(C)(C)C)CC1. The van der Waals surface area contributed by atoms with E-state index in [0.29, 0.717) is 44.6 Å². The van der Waals surface area contributed by atoms with Gasteiger partial charge in [0.25, 0.3) is 0 Å². The van der Waals surface area contributed by atoms with E-state index < -0.39 is 5.60 Å². The number of nitrogens with two attached hydrogens (primary N) is 1. The third-order valence-corrected chi connectivity index (χ3v) is 4.00. The molecule has 0 atom stereocenters. The zero-order valence-electron chi connectivity index (χ0n) is 16.6. The number of aromatic nitrogens is 2. The van der Waals surface area contributed by atoms with Gasteiger partial charge in [-0.25, -0.2) is 14.8 Å². The molecular formula is C18H32N6O2. The Kier molecular flexibility index (Phi) is 6.50. The topological polar surface area (TPSA) is 89.0 Å². The molecule has 1 aliphatic heterocycles. The third kappa shape index (κ3) is 5.93. The molecule has 0 aliphatic carbocycles. The maximum absolute atomic E-state index is 12.1. The number of nitrogens with zero attached hydrogens (tertiary/aromatic N) is 5. The molecule has 146 valence electrons. The van der Waals surface area contributed by atoms with E-state index in [9.17, 15) is 4.79 Å². The zero-order valence-corrected chi connectivity index (χ0v) is 16.6. The van der Waals surface area contributed by atoms with Crippen molar-refractivity contribution in [2.75, 3.05) is 26.2 Å². The molecule has 8 nitrogen and oxygen atoms in total. The van der Waals surface area contributed by atoms with Crippen LogP contribution in [0.3, 0.4) is 0 Å². The summed E-state index contributed by atoms with van der Waals surface area (Å²) in [6, 6.07) is 0. The summed E-state index contributed by atoms with van der Waals surface area (Å²) < 4.78 is 7.52. The van der Waals surface area contributed by atoms with Crippen LogP contribution in [-0.2, 0) is 17.8 Å². The number of ether oxygens (including phenoxy) is 1. The Morgan fingerprint density at radius 1 is 1.27 bits per heavy atom. The van der Waals surface area contributed by atoms with E-state index in [0.717, 1.165) is 12.4 Å². The third-order valence-electron chi connectivity index (χ3n) is 4.00. The fourth-order valence-corrected chi connectivity index (χ4v) is 2.75. The lowest BCUT2D eigenvalue weighted by Crippen LogP contribution is -2.53. The van der Waals surface area contributed by atoms with Gasteiger partial charge >= 0.3 is 6.09 Å². The molecule has 0 aromatic carbocycles. The van der Waals surface area contributed by atoms with Crippen LogP contribution in [0, 0.1) is 5.92 Å². The molecule has 0 radical (unpaired) electrons. The molecule has 8 heteroatoms. The van der Waals surface area contributed by atoms with Crippen molar-refractivity contribution in [3.05, 3.63) is 18.2 Å². The quantitative estimate of drug-likeness (QED) is 0.651. The van der Waals surface area contributed by atoms with Crippen molar-refractivity contribution in [2.45, 2.75) is 53.3 Å². The molecule has 1 saturated heterocycles. The fraction of sp³-hybridized carbons (Fsp3) is 0.722. The Hall–Kier alpha value is -2.25. The number of guanidine groups is 1. The largest absolute Gasteiger partial charge is 0.444 e. The minimum atomic E-state index is -0.480. The van der Waals surface area contributed by atoms with Gasteiger partial charge in [-0.2, -0.15) is 0 Å². The molecule has 26 heavy (non-hydrogen) atoms. The van der Waals surface area contributed by atoms with E-state index in [1.807, 2.05) is 31.9 Å². The molecule has 1 aromatic heterocycles. The summed E-state index contributed by atoms with van der Waals surface area (Å²) in [6.45, 7) is 13.8. The molecule has 1 aliphatic rings. The summed E-state index contributed by atoms with van der Waals surface area (Å²) >= 11 is 0. The Labute approximate surface area is 156 Å². The summed E-state index contributed by atoms with van der Waals surface area (Å²) in [5.74, 6) is 1.95. The van der Waals surface area contributed by atoms with Crippen LogP contribution in [0.5, 0.6) is 0 Å². The van der Waals surface area contributed by atoms with Crippen molar-refractivity contribution in [3.8, 4) is 0 Å². The first-order chi connectivity index (χ1) is 12.2. The van der Waals surface area contributed by atoms with E-state index in [2.05, 4.69) is 28.4 Å². The molecule has 1 aromatic rings. The standard InChI is InChI=1S/C18H32N6O2/c1-14(2)13-24-7-6-20-15(24)12-21-16(19)22-8-10-23(11-9-22)17(25)26-18(3,4)5/h6-7,14H,8-13H2,1-5H3,(H2,19,21). The second-order valence-corrected chi connectivity index (χ2v) is 8.02. The first-order valence-corrected chi connectivity index (χ1v) is 9.18. The molecule has 2 N–H and O–H groups in total. The van der Waals surface area contributed by atoms with E-state index >= 15 is 0 Å². The van der Waals surface area contributed by atoms with Crippen molar-refractivity contribution in [3.63, 3.8) is 0 Å². The second-order valence-electron chi connectivity index (χ2n) is 8.02. The van der Waals surface area contributed by atoms with Gasteiger partial charge in [0.05, 0.1) is 0 Å². The van der Waals surface area contributed by atoms with Crippen molar-refractivity contribution in [2.24, 2.45) is 16.6 Å². The maximum atomic E-state index is 12.1. The van der Waals surface area contributed by atoms with Gasteiger partial charge in [0, 0.05) is 45.1 Å². The Morgan fingerprint density at radius 2 is 1.88 bits per heavy atom. The number of hydrogen-bond acceptors (Lipinski definition) is 4. The smallest absolute Gasteiger partial charge is 0.410 e. The van der Waals surface area contributed by atoms with Crippen LogP contribution in [0.4, 0.5) is 4.79 Å². The molecular weight excluding hydrogens is 332 g/mol. The van der Waals surface area contributed by atoms with Crippen molar-refractivity contribution >= 4 is 12.1 Å². The van der Waals surface area contributed by atoms with Gasteiger partial charge in [0.1, 0.15) is 18.0 Å². The Morgan fingerprint density at radius 3 is 2.46 bits per heavy atom. The molecule has 2 rings (SSSR count). The molecule has 0 bridgehead atoms. The Balaban J connectivity index is 1.86. The normalized spacial score (nSPS) is 16.3. The lowest BCUT2D eigenvalue weighted by Gasteiger charge is -2.36. The molecule has 0 spiro atoms. The van der Waals surface area contributed by atoms with Crippen LogP contribution in [0.25, 0.3) is 0 Å². The average molecular weight is 364 g/mol. The molecule has 0 saturated carbocycles. The van der Waals surface area contributed by atoms with Crippen LogP contribution < -0.4 is 5.73 Å². The molecule has 2 heterocycles. The minimum absolute atomic E-state index is 0.275. The number of rotatable bonds is 4. The molecule has 0 unspecified atom stereocenters. The number of hydrogen-bond donors (Lipinski definition) is 1. The first-order valence-electron chi connectivity index (χ1n) is 9.18. The van der Waals surface area contributed by atoms with Gasteiger partial charge in [-0.3, -0.25) is 0 Å². The lowest BCUT2D eigenvalue weighted by atomic mass is 10.2. The summed E-state index contributed by atoms with van der Waals surface area (Å²) in [7, 11) is 0. The van der Waals surface area contributed by atoms with E-state index in [1.165, 1.54) is 0 Å². The number of aliphatic imine (C=N–C) groups is 1. The van der Waals surface area contributed by atoms with Gasteiger partial charge in [-0.15, -0.1) is 0 Å². The summed E-state index contributed by atoms with van der Waals surface area (Å²) in [5.41, 5.74) is 5.66. The van der Waals surface area contributed by atoms with Crippen molar-refractivity contribution in [1.82, 2.24) is 19.4 Å². The number of imidazole rings is 1. The average Bonchev–Trinajstić information content (AvgIpc) is 2.97. The number of piperazine rings is 1. The van der Waals surface area contributed by atoms with E-state index in [-0.39, 0.29) is 6.09 Å². The van der Waals surface area contributed by atoms with Crippen LogP contribution in [0.15, 0.2) is 17.4 Å². The highest BCUT2D eigenvalue weighted by Crippen LogP contribution is 2.12. The highest BCUT2D eigenvalue weighted by atomic mass is 16.6. The minimum Gasteiger partial charge on any atom is -0.444 e. The van der Waals surface area contributed by atoms with Gasteiger partial charge in [0.2, 0.25) is 0 Å². The highest BCUT2D eigenvalue weighted by Gasteiger charge is 2.26. The predicted molar refractivity (Wildman–Crippen MR) is 102 cm³/mol. The van der Waals surface area contributed by atoms with Crippen LogP contribution >= 0.6 is 0 Å². The van der Waals surface area contributed by atoms with Gasteiger partial charge < -0.3 is 24.8 Å². The molecule has 1 amide bonds. The summed E-state index contributed by atoms with van der Waals surface area (Å²) in [5, 5.41) is 0. The fourth-order valence-electron chi connectivity index (χ4n) is 2.75. The summed E-state index contributed by atoms with van der Waals surface area (Å²) in [4.78, 5) is 24.7. The number of carbonyl (C=O) groups excluding carboxylic acids is 1. The maximum Gasteiger partial charge on any atom is 0.410 e. The van der Waals surface area contributed by atoms with Crippen LogP contribution in [0.2, 0.25) is 0 Å².